The van der Waals surface area contributed by atoms with Crippen LogP contribution in [0, 0.1) is 15.3 Å². The van der Waals surface area contributed by atoms with Crippen LogP contribution in [0.4, 0.5) is 5.69 Å². The third kappa shape index (κ3) is 4.75. The number of carbonyl (C=O) groups excluding carboxylic acids is 1. The third-order valence-electron chi connectivity index (χ3n) is 3.94. The lowest BCUT2D eigenvalue weighted by Crippen LogP contribution is -2.19. The van der Waals surface area contributed by atoms with Gasteiger partial charge in [-0.25, -0.2) is 0 Å². The maximum atomic E-state index is 12.5. The number of carbonyl (C=O) groups is 1. The highest BCUT2D eigenvalue weighted by atomic mass is 127. The molecule has 0 saturated carbocycles. The first-order valence-electron chi connectivity index (χ1n) is 8.42. The number of halogens is 1. The fourth-order valence-electron chi connectivity index (χ4n) is 2.57. The molecule has 0 saturated heterocycles. The lowest BCUT2D eigenvalue weighted by Gasteiger charge is -2.10. The van der Waals surface area contributed by atoms with Gasteiger partial charge >= 0.3 is 0 Å². The standard InChI is InChI=1S/C19H19IN4O2S/c1-3-26-15-8-5-13(6-9-15)18-22-23-19(27)24(18)11-17(25)21-14-7-4-12(2)16(20)10-14/h4-10H,3,11H2,1-2H3,(H,21,25)(H,23,27). The Kier molecular flexibility index (Phi) is 6.27. The zero-order valence-electron chi connectivity index (χ0n) is 15.0. The second kappa shape index (κ2) is 8.66. The first-order valence-corrected chi connectivity index (χ1v) is 9.91. The highest BCUT2D eigenvalue weighted by Crippen LogP contribution is 2.22. The van der Waals surface area contributed by atoms with Crippen LogP contribution >= 0.6 is 34.8 Å². The Labute approximate surface area is 176 Å². The van der Waals surface area contributed by atoms with Crippen molar-refractivity contribution in [1.82, 2.24) is 14.8 Å². The molecular formula is C19H19IN4O2S. The van der Waals surface area contributed by atoms with Crippen LogP contribution in [0.15, 0.2) is 42.5 Å². The molecule has 6 nitrogen and oxygen atoms in total. The molecule has 1 aromatic heterocycles. The average Bonchev–Trinajstić information content (AvgIpc) is 3.00. The molecule has 0 aliphatic heterocycles. The lowest BCUT2D eigenvalue weighted by molar-refractivity contribution is -0.116. The fraction of sp³-hybridized carbons (Fsp3) is 0.211. The number of hydrogen-bond acceptors (Lipinski definition) is 4. The lowest BCUT2D eigenvalue weighted by atomic mass is 10.2. The zero-order valence-corrected chi connectivity index (χ0v) is 17.9. The molecule has 0 aliphatic rings. The number of aromatic nitrogens is 3. The molecule has 0 unspecified atom stereocenters. The molecule has 0 bridgehead atoms. The van der Waals surface area contributed by atoms with Crippen molar-refractivity contribution in [2.45, 2.75) is 20.4 Å². The quantitative estimate of drug-likeness (QED) is 0.390. The molecule has 1 heterocycles. The second-order valence-electron chi connectivity index (χ2n) is 5.91. The number of anilines is 1. The summed E-state index contributed by atoms with van der Waals surface area (Å²) in [6.07, 6.45) is 0. The van der Waals surface area contributed by atoms with Gasteiger partial charge in [0.25, 0.3) is 0 Å². The Hall–Kier alpha value is -2.20. The third-order valence-corrected chi connectivity index (χ3v) is 5.41. The highest BCUT2D eigenvalue weighted by Gasteiger charge is 2.13. The molecule has 27 heavy (non-hydrogen) atoms. The van der Waals surface area contributed by atoms with E-state index < -0.39 is 0 Å². The second-order valence-corrected chi connectivity index (χ2v) is 7.46. The largest absolute Gasteiger partial charge is 0.494 e. The van der Waals surface area contributed by atoms with Crippen LogP contribution < -0.4 is 10.1 Å². The van der Waals surface area contributed by atoms with Crippen LogP contribution in [0.3, 0.4) is 0 Å². The van der Waals surface area contributed by atoms with Gasteiger partial charge in [0, 0.05) is 14.8 Å². The van der Waals surface area contributed by atoms with Crippen LogP contribution in [0.1, 0.15) is 12.5 Å². The molecule has 0 radical (unpaired) electrons. The van der Waals surface area contributed by atoms with Crippen molar-refractivity contribution < 1.29 is 9.53 Å². The molecule has 140 valence electrons. The van der Waals surface area contributed by atoms with Gasteiger partial charge in [-0.2, -0.15) is 5.10 Å². The van der Waals surface area contributed by atoms with E-state index in [9.17, 15) is 4.79 Å². The van der Waals surface area contributed by atoms with E-state index >= 15 is 0 Å². The number of aromatic amines is 1. The van der Waals surface area contributed by atoms with Crippen molar-refractivity contribution in [3.05, 3.63) is 56.4 Å². The number of nitrogens with zero attached hydrogens (tertiary/aromatic N) is 2. The van der Waals surface area contributed by atoms with Gasteiger partial charge in [-0.3, -0.25) is 14.5 Å². The first kappa shape index (κ1) is 19.6. The number of rotatable bonds is 6. The first-order chi connectivity index (χ1) is 13.0. The Morgan fingerprint density at radius 1 is 1.30 bits per heavy atom. The Bertz CT molecular complexity index is 1010. The zero-order chi connectivity index (χ0) is 19.4. The number of benzene rings is 2. The minimum atomic E-state index is -0.167. The van der Waals surface area contributed by atoms with E-state index in [4.69, 9.17) is 17.0 Å². The summed E-state index contributed by atoms with van der Waals surface area (Å²) in [4.78, 5) is 12.5. The summed E-state index contributed by atoms with van der Waals surface area (Å²) in [5, 5.41) is 9.94. The van der Waals surface area contributed by atoms with E-state index in [2.05, 4.69) is 38.1 Å². The number of aryl methyl sites for hydroxylation is 1. The summed E-state index contributed by atoms with van der Waals surface area (Å²) in [5.41, 5.74) is 2.78. The van der Waals surface area contributed by atoms with Crippen LogP contribution in [0.25, 0.3) is 11.4 Å². The van der Waals surface area contributed by atoms with Crippen LogP contribution in [-0.2, 0) is 11.3 Å². The molecule has 2 N–H and O–H groups in total. The van der Waals surface area contributed by atoms with Gasteiger partial charge in [0.2, 0.25) is 5.91 Å². The van der Waals surface area contributed by atoms with Crippen molar-refractivity contribution in [1.29, 1.82) is 0 Å². The summed E-state index contributed by atoms with van der Waals surface area (Å²) in [7, 11) is 0. The molecule has 3 rings (SSSR count). The molecule has 1 amide bonds. The number of hydrogen-bond donors (Lipinski definition) is 2. The molecule has 0 spiro atoms. The van der Waals surface area contributed by atoms with E-state index in [0.717, 1.165) is 20.6 Å². The molecular weight excluding hydrogens is 475 g/mol. The SMILES string of the molecule is CCOc1ccc(-c2n[nH]c(=S)n2CC(=O)Nc2ccc(C)c(I)c2)cc1. The van der Waals surface area contributed by atoms with Gasteiger partial charge in [0.05, 0.1) is 6.61 Å². The van der Waals surface area contributed by atoms with Crippen LogP contribution in [0.2, 0.25) is 0 Å². The van der Waals surface area contributed by atoms with Gasteiger partial charge in [0.1, 0.15) is 12.3 Å². The maximum absolute atomic E-state index is 12.5. The van der Waals surface area contributed by atoms with Gasteiger partial charge in [0.15, 0.2) is 10.6 Å². The van der Waals surface area contributed by atoms with E-state index in [1.165, 1.54) is 5.56 Å². The van der Waals surface area contributed by atoms with Gasteiger partial charge in [-0.15, -0.1) is 0 Å². The Morgan fingerprint density at radius 3 is 2.70 bits per heavy atom. The van der Waals surface area contributed by atoms with Crippen molar-refractivity contribution in [2.24, 2.45) is 0 Å². The van der Waals surface area contributed by atoms with Gasteiger partial charge < -0.3 is 10.1 Å². The molecule has 8 heteroatoms. The van der Waals surface area contributed by atoms with E-state index in [0.29, 0.717) is 17.2 Å². The summed E-state index contributed by atoms with van der Waals surface area (Å²) in [6, 6.07) is 13.3. The highest BCUT2D eigenvalue weighted by molar-refractivity contribution is 14.1. The van der Waals surface area contributed by atoms with E-state index in [1.54, 1.807) is 4.57 Å². The molecule has 0 aliphatic carbocycles. The molecule has 2 aromatic carbocycles. The molecule has 0 fully saturated rings. The predicted octanol–water partition coefficient (Wildman–Crippen LogP) is 4.56. The predicted molar refractivity (Wildman–Crippen MR) is 117 cm³/mol. The summed E-state index contributed by atoms with van der Waals surface area (Å²) in [5.74, 6) is 1.23. The van der Waals surface area contributed by atoms with Crippen molar-refractivity contribution in [3.63, 3.8) is 0 Å². The number of ether oxygens (including phenoxy) is 1. The van der Waals surface area contributed by atoms with Gasteiger partial charge in [-0.1, -0.05) is 6.07 Å². The summed E-state index contributed by atoms with van der Waals surface area (Å²) < 4.78 is 8.63. The van der Waals surface area contributed by atoms with Gasteiger partial charge in [-0.05, 0) is 90.6 Å². The summed E-state index contributed by atoms with van der Waals surface area (Å²) in [6.45, 7) is 4.65. The maximum Gasteiger partial charge on any atom is 0.244 e. The topological polar surface area (TPSA) is 71.9 Å². The van der Waals surface area contributed by atoms with Crippen molar-refractivity contribution in [3.8, 4) is 17.1 Å². The van der Waals surface area contributed by atoms with Crippen LogP contribution in [-0.4, -0.2) is 27.3 Å². The smallest absolute Gasteiger partial charge is 0.244 e. The molecule has 0 atom stereocenters. The normalized spacial score (nSPS) is 10.6. The number of H-pyrrole nitrogens is 1. The van der Waals surface area contributed by atoms with Crippen molar-refractivity contribution >= 4 is 46.4 Å². The molecule has 3 aromatic rings. The fourth-order valence-corrected chi connectivity index (χ4v) is 3.28. The number of nitrogens with one attached hydrogen (secondary N) is 2. The Balaban J connectivity index is 1.79. The van der Waals surface area contributed by atoms with Crippen molar-refractivity contribution in [2.75, 3.05) is 11.9 Å². The van der Waals surface area contributed by atoms with E-state index in [-0.39, 0.29) is 12.5 Å². The monoisotopic (exact) mass is 494 g/mol. The average molecular weight is 494 g/mol. The minimum absolute atomic E-state index is 0.0718. The number of amides is 1. The Morgan fingerprint density at radius 2 is 2.04 bits per heavy atom. The summed E-state index contributed by atoms with van der Waals surface area (Å²) >= 11 is 7.55. The minimum Gasteiger partial charge on any atom is -0.494 e. The van der Waals surface area contributed by atoms with E-state index in [1.807, 2.05) is 56.3 Å². The van der Waals surface area contributed by atoms with Crippen LogP contribution in [0.5, 0.6) is 5.75 Å².